The smallest absolute Gasteiger partial charge is 0.406 e. The molecule has 17 heavy (non-hydrogen) atoms. The number of hydrogen-bond acceptors (Lipinski definition) is 4. The molecule has 0 aromatic heterocycles. The summed E-state index contributed by atoms with van der Waals surface area (Å²) >= 11 is 0. The van der Waals surface area contributed by atoms with Gasteiger partial charge in [-0.2, -0.15) is 4.99 Å². The molecule has 0 aliphatic heterocycles. The molecule has 0 fully saturated rings. The van der Waals surface area contributed by atoms with Gasteiger partial charge in [-0.1, -0.05) is 0 Å². The minimum Gasteiger partial charge on any atom is -0.406 e. The highest BCUT2D eigenvalue weighted by molar-refractivity contribution is 5.79. The number of carbonyl (C=O) groups excluding carboxylic acids is 1. The van der Waals surface area contributed by atoms with Crippen molar-refractivity contribution in [3.63, 3.8) is 0 Å². The molecular formula is C12H15N3O2. The highest BCUT2D eigenvalue weighted by Crippen LogP contribution is 2.36. The second kappa shape index (κ2) is 5.25. The molecule has 5 heteroatoms. The summed E-state index contributed by atoms with van der Waals surface area (Å²) in [7, 11) is 3.85. The van der Waals surface area contributed by atoms with Crippen molar-refractivity contribution in [2.75, 3.05) is 19.0 Å². The quantitative estimate of drug-likeness (QED) is 0.754. The second-order valence-corrected chi connectivity index (χ2v) is 3.64. The van der Waals surface area contributed by atoms with Gasteiger partial charge in [-0.25, -0.2) is 4.79 Å². The molecular weight excluding hydrogens is 218 g/mol. The van der Waals surface area contributed by atoms with Crippen LogP contribution in [-0.2, 0) is 0 Å². The van der Waals surface area contributed by atoms with E-state index >= 15 is 0 Å². The van der Waals surface area contributed by atoms with Crippen molar-refractivity contribution in [1.82, 2.24) is 0 Å². The molecule has 0 spiro atoms. The lowest BCUT2D eigenvalue weighted by Gasteiger charge is -2.18. The molecule has 0 aliphatic rings. The molecule has 0 unspecified atom stereocenters. The van der Waals surface area contributed by atoms with Gasteiger partial charge in [0.2, 0.25) is 0 Å². The van der Waals surface area contributed by atoms with Crippen LogP contribution in [-0.4, -0.2) is 33.6 Å². The van der Waals surface area contributed by atoms with Crippen molar-refractivity contribution < 1.29 is 9.53 Å². The molecule has 0 saturated carbocycles. The third-order valence-corrected chi connectivity index (χ3v) is 2.33. The van der Waals surface area contributed by atoms with E-state index in [1.165, 1.54) is 0 Å². The van der Waals surface area contributed by atoms with Gasteiger partial charge < -0.3 is 9.64 Å². The van der Waals surface area contributed by atoms with Gasteiger partial charge in [0, 0.05) is 25.3 Å². The molecule has 1 aromatic carbocycles. The Labute approximate surface area is 100 Å². The molecule has 0 saturated heterocycles. The van der Waals surface area contributed by atoms with E-state index in [2.05, 4.69) is 23.4 Å². The minimum absolute atomic E-state index is 0.334. The summed E-state index contributed by atoms with van der Waals surface area (Å²) in [5.74, 6) is 0.334. The van der Waals surface area contributed by atoms with Crippen LogP contribution in [0, 0.1) is 6.92 Å². The van der Waals surface area contributed by atoms with E-state index in [1.54, 1.807) is 6.07 Å². The Morgan fingerprint density at radius 2 is 2.00 bits per heavy atom. The number of hydrogen-bond donors (Lipinski definition) is 0. The van der Waals surface area contributed by atoms with Crippen molar-refractivity contribution in [3.8, 4) is 5.75 Å². The van der Waals surface area contributed by atoms with Crippen LogP contribution in [0.3, 0.4) is 0 Å². The summed E-state index contributed by atoms with van der Waals surface area (Å²) in [6.07, 6.45) is -0.757. The van der Waals surface area contributed by atoms with Gasteiger partial charge >= 0.3 is 6.09 Å². The van der Waals surface area contributed by atoms with E-state index in [0.717, 1.165) is 11.3 Å². The summed E-state index contributed by atoms with van der Waals surface area (Å²) < 4.78 is 4.98. The molecule has 0 aliphatic carbocycles. The Kier molecular flexibility index (Phi) is 3.98. The standard InChI is InChI=1S/C12H15N3O2/c1-8-9(15(4)5)6-7-10(11(8)13-2)17-12(16)14-3/h6-7H,2-3H2,1,4-5H3. The number of nitrogens with zero attached hydrogens (tertiary/aromatic N) is 3. The fraction of sp³-hybridized carbons (Fsp3) is 0.250. The first-order chi connectivity index (χ1) is 8.01. The predicted octanol–water partition coefficient (Wildman–Crippen LogP) is 2.59. The molecule has 1 aromatic rings. The first kappa shape index (κ1) is 12.9. The SMILES string of the molecule is C=NC(=O)Oc1ccc(N(C)C)c(C)c1N=C. The Bertz CT molecular complexity index is 467. The van der Waals surface area contributed by atoms with Crippen LogP contribution in [0.1, 0.15) is 5.56 Å². The number of anilines is 1. The summed E-state index contributed by atoms with van der Waals surface area (Å²) in [6, 6.07) is 3.51. The highest BCUT2D eigenvalue weighted by Gasteiger charge is 2.13. The normalized spacial score (nSPS) is 9.59. The summed E-state index contributed by atoms with van der Waals surface area (Å²) in [6.45, 7) is 8.47. The Balaban J connectivity index is 3.25. The molecule has 1 amide bonds. The molecule has 0 N–H and O–H groups in total. The van der Waals surface area contributed by atoms with Gasteiger partial charge in [0.05, 0.1) is 0 Å². The Hall–Kier alpha value is -2.17. The maximum Gasteiger partial charge on any atom is 0.438 e. The van der Waals surface area contributed by atoms with Crippen LogP contribution in [0.5, 0.6) is 5.75 Å². The third kappa shape index (κ3) is 2.69. The maximum atomic E-state index is 11.1. The van der Waals surface area contributed by atoms with Gasteiger partial charge in [-0.3, -0.25) is 4.99 Å². The summed E-state index contributed by atoms with van der Waals surface area (Å²) in [5, 5.41) is 0. The van der Waals surface area contributed by atoms with E-state index in [4.69, 9.17) is 4.74 Å². The van der Waals surface area contributed by atoms with E-state index in [0.29, 0.717) is 11.4 Å². The molecule has 5 nitrogen and oxygen atoms in total. The van der Waals surface area contributed by atoms with Gasteiger partial charge in [0.25, 0.3) is 0 Å². The Morgan fingerprint density at radius 3 is 2.47 bits per heavy atom. The molecule has 0 atom stereocenters. The van der Waals surface area contributed by atoms with Crippen LogP contribution >= 0.6 is 0 Å². The van der Waals surface area contributed by atoms with Crippen LogP contribution in [0.2, 0.25) is 0 Å². The molecule has 90 valence electrons. The zero-order chi connectivity index (χ0) is 13.0. The fourth-order valence-electron chi connectivity index (χ4n) is 1.55. The zero-order valence-corrected chi connectivity index (χ0v) is 10.2. The lowest BCUT2D eigenvalue weighted by Crippen LogP contribution is -2.11. The lowest BCUT2D eigenvalue weighted by molar-refractivity contribution is 0.211. The van der Waals surface area contributed by atoms with E-state index < -0.39 is 6.09 Å². The van der Waals surface area contributed by atoms with E-state index in [-0.39, 0.29) is 0 Å². The van der Waals surface area contributed by atoms with E-state index in [9.17, 15) is 4.79 Å². The van der Waals surface area contributed by atoms with Crippen LogP contribution in [0.4, 0.5) is 16.2 Å². The average molecular weight is 233 g/mol. The molecule has 0 radical (unpaired) electrons. The van der Waals surface area contributed by atoms with Gasteiger partial charge in [0.1, 0.15) is 5.69 Å². The fourth-order valence-corrected chi connectivity index (χ4v) is 1.55. The van der Waals surface area contributed by atoms with Crippen LogP contribution < -0.4 is 9.64 Å². The maximum absolute atomic E-state index is 11.1. The van der Waals surface area contributed by atoms with Crippen LogP contribution in [0.25, 0.3) is 0 Å². The highest BCUT2D eigenvalue weighted by atomic mass is 16.5. The number of ether oxygens (including phenoxy) is 1. The van der Waals surface area contributed by atoms with Crippen molar-refractivity contribution >= 4 is 30.9 Å². The van der Waals surface area contributed by atoms with Crippen molar-refractivity contribution in [2.45, 2.75) is 6.92 Å². The first-order valence-electron chi connectivity index (χ1n) is 4.97. The van der Waals surface area contributed by atoms with Crippen molar-refractivity contribution in [1.29, 1.82) is 0 Å². The first-order valence-corrected chi connectivity index (χ1v) is 4.97. The van der Waals surface area contributed by atoms with E-state index in [1.807, 2.05) is 32.0 Å². The van der Waals surface area contributed by atoms with Crippen LogP contribution in [0.15, 0.2) is 22.1 Å². The van der Waals surface area contributed by atoms with Crippen molar-refractivity contribution in [2.24, 2.45) is 9.98 Å². The van der Waals surface area contributed by atoms with Crippen molar-refractivity contribution in [3.05, 3.63) is 17.7 Å². The number of carbonyl (C=O) groups is 1. The van der Waals surface area contributed by atoms with Gasteiger partial charge in [-0.05, 0) is 32.5 Å². The molecule has 1 rings (SSSR count). The lowest BCUT2D eigenvalue weighted by atomic mass is 10.1. The second-order valence-electron chi connectivity index (χ2n) is 3.64. The molecule has 0 heterocycles. The average Bonchev–Trinajstić information content (AvgIpc) is 2.28. The number of amides is 1. The van der Waals surface area contributed by atoms with Gasteiger partial charge in [0.15, 0.2) is 5.75 Å². The molecule has 0 bridgehead atoms. The van der Waals surface area contributed by atoms with Gasteiger partial charge in [-0.15, -0.1) is 0 Å². The summed E-state index contributed by atoms with van der Waals surface area (Å²) in [5.41, 5.74) is 2.41. The summed E-state index contributed by atoms with van der Waals surface area (Å²) in [4.78, 5) is 20.0. The predicted molar refractivity (Wildman–Crippen MR) is 70.3 cm³/mol. The monoisotopic (exact) mass is 233 g/mol. The Morgan fingerprint density at radius 1 is 1.35 bits per heavy atom. The minimum atomic E-state index is -0.757. The number of aliphatic imine (C=N–C) groups is 2. The largest absolute Gasteiger partial charge is 0.438 e. The zero-order valence-electron chi connectivity index (χ0n) is 10.2. The number of benzene rings is 1. The number of rotatable bonds is 3. The topological polar surface area (TPSA) is 54.3 Å². The third-order valence-electron chi connectivity index (χ3n) is 2.33.